The van der Waals surface area contributed by atoms with Crippen LogP contribution in [0.15, 0.2) is 48.5 Å². The van der Waals surface area contributed by atoms with Crippen molar-refractivity contribution >= 4 is 18.0 Å². The van der Waals surface area contributed by atoms with Crippen molar-refractivity contribution in [3.8, 4) is 11.1 Å². The van der Waals surface area contributed by atoms with Gasteiger partial charge in [0, 0.05) is 24.4 Å². The van der Waals surface area contributed by atoms with E-state index in [1.54, 1.807) is 13.8 Å². The Morgan fingerprint density at radius 1 is 0.971 bits per heavy atom. The van der Waals surface area contributed by atoms with Crippen LogP contribution in [0.4, 0.5) is 4.79 Å². The Kier molecular flexibility index (Phi) is 8.20. The lowest BCUT2D eigenvalue weighted by Crippen LogP contribution is -2.52. The molecule has 0 spiro atoms. The Morgan fingerprint density at radius 2 is 1.51 bits per heavy atom. The number of carboxylic acids is 1. The first kappa shape index (κ1) is 26.3. The van der Waals surface area contributed by atoms with Crippen molar-refractivity contribution in [1.82, 2.24) is 10.6 Å². The summed E-state index contributed by atoms with van der Waals surface area (Å²) in [5.41, 5.74) is 3.46. The summed E-state index contributed by atoms with van der Waals surface area (Å²) in [4.78, 5) is 37.0. The number of carboxylic acid groups (broad SMARTS) is 1. The van der Waals surface area contributed by atoms with Crippen LogP contribution in [-0.2, 0) is 14.3 Å². The maximum atomic E-state index is 12.7. The highest BCUT2D eigenvalue weighted by atomic mass is 16.5. The number of carbonyl (C=O) groups is 3. The molecule has 0 saturated heterocycles. The third kappa shape index (κ3) is 5.84. The lowest BCUT2D eigenvalue weighted by atomic mass is 9.78. The van der Waals surface area contributed by atoms with Gasteiger partial charge in [-0.25, -0.2) is 4.79 Å². The predicted molar refractivity (Wildman–Crippen MR) is 135 cm³/mol. The maximum Gasteiger partial charge on any atom is 0.407 e. The van der Waals surface area contributed by atoms with Gasteiger partial charge in [-0.1, -0.05) is 69.3 Å². The summed E-state index contributed by atoms with van der Waals surface area (Å²) in [6.07, 6.45) is 0.00380. The summed E-state index contributed by atoms with van der Waals surface area (Å²) in [6.45, 7) is 9.04. The van der Waals surface area contributed by atoms with Gasteiger partial charge in [0.2, 0.25) is 5.91 Å². The molecular formula is C28H36N2O5. The molecule has 0 fully saturated rings. The summed E-state index contributed by atoms with van der Waals surface area (Å²) in [6, 6.07) is 15.3. The van der Waals surface area contributed by atoms with Crippen LogP contribution in [0.2, 0.25) is 0 Å². The van der Waals surface area contributed by atoms with Crippen molar-refractivity contribution in [2.24, 2.45) is 11.3 Å². The molecule has 1 aliphatic rings. The van der Waals surface area contributed by atoms with Crippen molar-refractivity contribution in [1.29, 1.82) is 0 Å². The van der Waals surface area contributed by atoms with Crippen LogP contribution in [0.25, 0.3) is 11.1 Å². The molecule has 0 heterocycles. The molecule has 2 amide bonds. The Balaban J connectivity index is 1.58. The number of fused-ring (bicyclic) bond motifs is 3. The van der Waals surface area contributed by atoms with Gasteiger partial charge in [-0.3, -0.25) is 9.59 Å². The van der Waals surface area contributed by atoms with Crippen molar-refractivity contribution in [3.63, 3.8) is 0 Å². The van der Waals surface area contributed by atoms with E-state index < -0.39 is 29.6 Å². The largest absolute Gasteiger partial charge is 0.481 e. The Morgan fingerprint density at radius 3 is 2.00 bits per heavy atom. The minimum absolute atomic E-state index is 0.0402. The molecule has 0 aromatic heterocycles. The highest BCUT2D eigenvalue weighted by Crippen LogP contribution is 2.44. The minimum Gasteiger partial charge on any atom is -0.481 e. The van der Waals surface area contributed by atoms with Crippen LogP contribution >= 0.6 is 0 Å². The van der Waals surface area contributed by atoms with Gasteiger partial charge in [-0.2, -0.15) is 0 Å². The van der Waals surface area contributed by atoms with E-state index in [1.165, 1.54) is 0 Å². The van der Waals surface area contributed by atoms with Gasteiger partial charge in [0.25, 0.3) is 0 Å². The third-order valence-electron chi connectivity index (χ3n) is 6.90. The zero-order chi connectivity index (χ0) is 25.8. The average molecular weight is 481 g/mol. The smallest absolute Gasteiger partial charge is 0.407 e. The number of benzene rings is 2. The van der Waals surface area contributed by atoms with E-state index in [0.717, 1.165) is 22.3 Å². The number of alkyl carbamates (subject to hydrolysis) is 1. The second-order valence-corrected chi connectivity index (χ2v) is 10.1. The Hall–Kier alpha value is -3.35. The number of hydrogen-bond donors (Lipinski definition) is 3. The molecule has 0 radical (unpaired) electrons. The van der Waals surface area contributed by atoms with E-state index in [0.29, 0.717) is 6.42 Å². The quantitative estimate of drug-likeness (QED) is 0.447. The number of ether oxygens (including phenoxy) is 1. The van der Waals surface area contributed by atoms with Crippen LogP contribution in [0.1, 0.15) is 64.5 Å². The molecule has 0 aliphatic heterocycles. The van der Waals surface area contributed by atoms with Crippen LogP contribution in [0, 0.1) is 11.3 Å². The summed E-state index contributed by atoms with van der Waals surface area (Å²) in [7, 11) is 0. The Labute approximate surface area is 207 Å². The van der Waals surface area contributed by atoms with E-state index in [9.17, 15) is 19.5 Å². The lowest BCUT2D eigenvalue weighted by molar-refractivity contribution is -0.150. The number of amides is 2. The van der Waals surface area contributed by atoms with Gasteiger partial charge >= 0.3 is 12.1 Å². The fourth-order valence-electron chi connectivity index (χ4n) is 4.87. The maximum absolute atomic E-state index is 12.7. The summed E-state index contributed by atoms with van der Waals surface area (Å²) in [5, 5.41) is 15.2. The van der Waals surface area contributed by atoms with Gasteiger partial charge in [0.15, 0.2) is 0 Å². The molecular weight excluding hydrogens is 444 g/mol. The second kappa shape index (κ2) is 10.9. The van der Waals surface area contributed by atoms with Gasteiger partial charge < -0.3 is 20.5 Å². The zero-order valence-corrected chi connectivity index (χ0v) is 21.1. The summed E-state index contributed by atoms with van der Waals surface area (Å²) in [5.74, 6) is -1.38. The van der Waals surface area contributed by atoms with E-state index in [-0.39, 0.29) is 30.8 Å². The second-order valence-electron chi connectivity index (χ2n) is 10.1. The van der Waals surface area contributed by atoms with Crippen LogP contribution < -0.4 is 10.6 Å². The number of rotatable bonds is 10. The van der Waals surface area contributed by atoms with Crippen molar-refractivity contribution in [2.75, 3.05) is 6.61 Å². The summed E-state index contributed by atoms with van der Waals surface area (Å²) >= 11 is 0. The molecule has 3 N–H and O–H groups in total. The molecule has 7 heteroatoms. The molecule has 1 aliphatic carbocycles. The minimum atomic E-state index is -1.12. The predicted octanol–water partition coefficient (Wildman–Crippen LogP) is 4.95. The van der Waals surface area contributed by atoms with Gasteiger partial charge in [0.05, 0.1) is 5.41 Å². The van der Waals surface area contributed by atoms with E-state index in [2.05, 4.69) is 34.9 Å². The van der Waals surface area contributed by atoms with E-state index in [4.69, 9.17) is 4.74 Å². The zero-order valence-electron chi connectivity index (χ0n) is 21.1. The normalized spacial score (nSPS) is 14.6. The molecule has 1 unspecified atom stereocenters. The van der Waals surface area contributed by atoms with Crippen molar-refractivity contribution < 1.29 is 24.2 Å². The third-order valence-corrected chi connectivity index (χ3v) is 6.90. The van der Waals surface area contributed by atoms with Crippen LogP contribution in [0.3, 0.4) is 0 Å². The molecule has 2 atom stereocenters. The Bertz CT molecular complexity index is 1030. The molecule has 2 aromatic carbocycles. The number of nitrogens with one attached hydrogen (secondary N) is 2. The molecule has 3 rings (SSSR count). The first-order valence-corrected chi connectivity index (χ1v) is 12.2. The lowest BCUT2D eigenvalue weighted by Gasteiger charge is -2.34. The number of aliphatic carboxylic acids is 1. The molecule has 7 nitrogen and oxygen atoms in total. The molecule has 2 aromatic rings. The molecule has 0 bridgehead atoms. The highest BCUT2D eigenvalue weighted by Gasteiger charge is 2.39. The highest BCUT2D eigenvalue weighted by molar-refractivity contribution is 5.81. The average Bonchev–Trinajstić information content (AvgIpc) is 3.14. The number of hydrogen-bond acceptors (Lipinski definition) is 4. The fraction of sp³-hybridized carbons (Fsp3) is 0.464. The summed E-state index contributed by atoms with van der Waals surface area (Å²) < 4.78 is 5.60. The molecule has 0 saturated carbocycles. The molecule has 188 valence electrons. The van der Waals surface area contributed by atoms with Crippen LogP contribution in [0.5, 0.6) is 0 Å². The monoisotopic (exact) mass is 480 g/mol. The van der Waals surface area contributed by atoms with Crippen molar-refractivity contribution in [2.45, 2.75) is 65.5 Å². The number of carbonyl (C=O) groups excluding carboxylic acids is 2. The van der Waals surface area contributed by atoms with E-state index in [1.807, 2.05) is 45.0 Å². The van der Waals surface area contributed by atoms with Gasteiger partial charge in [0.1, 0.15) is 6.61 Å². The first-order valence-electron chi connectivity index (χ1n) is 12.2. The topological polar surface area (TPSA) is 105 Å². The van der Waals surface area contributed by atoms with Gasteiger partial charge in [-0.05, 0) is 48.4 Å². The first-order chi connectivity index (χ1) is 16.6. The standard InChI is InChI=1S/C28H36N2O5/c1-6-18(15-24(31)30-25(17(2)3)28(4,5)26(32)33)29-27(34)35-16-23-21-13-9-7-11-19(21)20-12-8-10-14-22(20)23/h7-14,17-18,23,25H,6,15-16H2,1-5H3,(H,29,34)(H,30,31)(H,32,33)/t18-,25?/m0/s1. The van der Waals surface area contributed by atoms with Crippen LogP contribution in [-0.4, -0.2) is 41.8 Å². The van der Waals surface area contributed by atoms with Gasteiger partial charge in [-0.15, -0.1) is 0 Å². The fourth-order valence-corrected chi connectivity index (χ4v) is 4.87. The SMILES string of the molecule is CC[C@@H](CC(=O)NC(C(C)C)C(C)(C)C(=O)O)NC(=O)OCC1c2ccccc2-c2ccccc21. The molecule has 35 heavy (non-hydrogen) atoms. The van der Waals surface area contributed by atoms with Crippen molar-refractivity contribution in [3.05, 3.63) is 59.7 Å². The van der Waals surface area contributed by atoms with E-state index >= 15 is 0 Å².